The fourth-order valence-corrected chi connectivity index (χ4v) is 2.21. The second-order valence-corrected chi connectivity index (χ2v) is 4.37. The number of aromatic nitrogens is 2. The van der Waals surface area contributed by atoms with Gasteiger partial charge in [-0.15, -0.1) is 0 Å². The van der Waals surface area contributed by atoms with Gasteiger partial charge in [0.1, 0.15) is 5.82 Å². The van der Waals surface area contributed by atoms with Gasteiger partial charge in [-0.05, 0) is 29.0 Å². The molecule has 0 amide bonds. The van der Waals surface area contributed by atoms with Crippen LogP contribution >= 0.6 is 15.9 Å². The number of hydrogen-bond acceptors (Lipinski definition) is 3. The van der Waals surface area contributed by atoms with Crippen molar-refractivity contribution in [2.75, 3.05) is 7.05 Å². The Bertz CT molecular complexity index is 463. The Morgan fingerprint density at radius 2 is 2.44 bits per heavy atom. The first kappa shape index (κ1) is 11.4. The van der Waals surface area contributed by atoms with E-state index < -0.39 is 0 Å². The molecule has 2 aromatic heterocycles. The highest BCUT2D eigenvalue weighted by Crippen LogP contribution is 2.26. The Balaban J connectivity index is 2.19. The van der Waals surface area contributed by atoms with Gasteiger partial charge in [0.2, 0.25) is 0 Å². The Morgan fingerprint density at radius 3 is 2.94 bits per heavy atom. The van der Waals surface area contributed by atoms with E-state index >= 15 is 0 Å². The van der Waals surface area contributed by atoms with Gasteiger partial charge in [-0.1, -0.05) is 0 Å². The minimum atomic E-state index is 0.203. The van der Waals surface area contributed by atoms with Crippen molar-refractivity contribution in [1.82, 2.24) is 14.9 Å². The summed E-state index contributed by atoms with van der Waals surface area (Å²) < 4.78 is 8.05. The van der Waals surface area contributed by atoms with Crippen LogP contribution in [0, 0.1) is 0 Å². The first-order valence-electron chi connectivity index (χ1n) is 5.08. The van der Waals surface area contributed by atoms with Crippen molar-refractivity contribution in [2.24, 2.45) is 7.05 Å². The summed E-state index contributed by atoms with van der Waals surface area (Å²) in [6, 6.07) is 2.17. The lowest BCUT2D eigenvalue weighted by atomic mass is 10.1. The molecule has 1 N–H and O–H groups in total. The van der Waals surface area contributed by atoms with Crippen molar-refractivity contribution in [2.45, 2.75) is 12.5 Å². The van der Waals surface area contributed by atoms with E-state index in [4.69, 9.17) is 4.42 Å². The van der Waals surface area contributed by atoms with Gasteiger partial charge in [-0.2, -0.15) is 0 Å². The Hall–Kier alpha value is -1.07. The third kappa shape index (κ3) is 2.20. The average molecular weight is 284 g/mol. The van der Waals surface area contributed by atoms with Crippen LogP contribution in [0.1, 0.15) is 17.4 Å². The summed E-state index contributed by atoms with van der Waals surface area (Å²) in [6.45, 7) is 0. The summed E-state index contributed by atoms with van der Waals surface area (Å²) in [5, 5.41) is 3.27. The van der Waals surface area contributed by atoms with E-state index in [1.165, 1.54) is 0 Å². The normalized spacial score (nSPS) is 12.9. The third-order valence-corrected chi connectivity index (χ3v) is 3.32. The lowest BCUT2D eigenvalue weighted by Gasteiger charge is -2.14. The highest BCUT2D eigenvalue weighted by Gasteiger charge is 2.17. The molecule has 86 valence electrons. The summed E-state index contributed by atoms with van der Waals surface area (Å²) >= 11 is 3.40. The number of nitrogens with one attached hydrogen (secondary N) is 1. The number of aryl methyl sites for hydroxylation is 1. The standard InChI is InChI=1S/C11H14BrN3O/c1-13-9(8-3-6-16-11(8)12)7-10-14-4-5-15(10)2/h3-6,9,13H,7H2,1-2H3. The van der Waals surface area contributed by atoms with Gasteiger partial charge < -0.3 is 14.3 Å². The molecule has 0 aliphatic rings. The minimum absolute atomic E-state index is 0.203. The minimum Gasteiger partial charge on any atom is -0.457 e. The van der Waals surface area contributed by atoms with Gasteiger partial charge in [0.25, 0.3) is 0 Å². The van der Waals surface area contributed by atoms with Crippen LogP contribution < -0.4 is 5.32 Å². The fraction of sp³-hybridized carbons (Fsp3) is 0.364. The largest absolute Gasteiger partial charge is 0.457 e. The summed E-state index contributed by atoms with van der Waals surface area (Å²) in [7, 11) is 3.94. The first-order chi connectivity index (χ1) is 7.72. The van der Waals surface area contributed by atoms with Crippen molar-refractivity contribution in [3.8, 4) is 0 Å². The van der Waals surface area contributed by atoms with Crippen LogP contribution in [0.25, 0.3) is 0 Å². The van der Waals surface area contributed by atoms with Crippen LogP contribution in [-0.4, -0.2) is 16.6 Å². The highest BCUT2D eigenvalue weighted by molar-refractivity contribution is 9.10. The van der Waals surface area contributed by atoms with E-state index in [2.05, 4.69) is 26.2 Å². The van der Waals surface area contributed by atoms with Gasteiger partial charge in [-0.25, -0.2) is 4.98 Å². The molecule has 1 atom stereocenters. The third-order valence-electron chi connectivity index (χ3n) is 2.68. The summed E-state index contributed by atoms with van der Waals surface area (Å²) in [6.07, 6.45) is 6.28. The lowest BCUT2D eigenvalue weighted by Crippen LogP contribution is -2.20. The number of hydrogen-bond donors (Lipinski definition) is 1. The van der Waals surface area contributed by atoms with E-state index in [-0.39, 0.29) is 6.04 Å². The predicted molar refractivity (Wildman–Crippen MR) is 65.1 cm³/mol. The molecule has 0 bridgehead atoms. The quantitative estimate of drug-likeness (QED) is 0.936. The molecule has 0 fully saturated rings. The number of furan rings is 1. The van der Waals surface area contributed by atoms with Crippen LogP contribution in [0.3, 0.4) is 0 Å². The van der Waals surface area contributed by atoms with Crippen molar-refractivity contribution < 1.29 is 4.42 Å². The molecule has 0 aliphatic heterocycles. The molecule has 2 heterocycles. The van der Waals surface area contributed by atoms with Crippen molar-refractivity contribution in [3.63, 3.8) is 0 Å². The van der Waals surface area contributed by atoms with Crippen molar-refractivity contribution in [3.05, 3.63) is 40.8 Å². The molecule has 0 saturated heterocycles. The Labute approximate surface area is 103 Å². The molecule has 0 aromatic carbocycles. The van der Waals surface area contributed by atoms with Crippen LogP contribution in [0.5, 0.6) is 0 Å². The van der Waals surface area contributed by atoms with Gasteiger partial charge in [-0.3, -0.25) is 0 Å². The number of halogens is 1. The van der Waals surface area contributed by atoms with Crippen molar-refractivity contribution in [1.29, 1.82) is 0 Å². The molecule has 1 unspecified atom stereocenters. The fourth-order valence-electron chi connectivity index (χ4n) is 1.70. The topological polar surface area (TPSA) is 43.0 Å². The molecular weight excluding hydrogens is 270 g/mol. The lowest BCUT2D eigenvalue weighted by molar-refractivity contribution is 0.512. The van der Waals surface area contributed by atoms with Crippen LogP contribution in [0.15, 0.2) is 33.8 Å². The summed E-state index contributed by atoms with van der Waals surface area (Å²) in [4.78, 5) is 4.32. The predicted octanol–water partition coefficient (Wildman–Crippen LogP) is 2.28. The average Bonchev–Trinajstić information content (AvgIpc) is 2.85. The monoisotopic (exact) mass is 283 g/mol. The first-order valence-corrected chi connectivity index (χ1v) is 5.88. The molecule has 2 rings (SSSR count). The number of likely N-dealkylation sites (N-methyl/N-ethyl adjacent to an activating group) is 1. The molecule has 0 spiro atoms. The summed E-state index contributed by atoms with van der Waals surface area (Å²) in [5.41, 5.74) is 1.12. The maximum Gasteiger partial charge on any atom is 0.173 e. The molecule has 0 aliphatic carbocycles. The second kappa shape index (κ2) is 4.84. The van der Waals surface area contributed by atoms with Gasteiger partial charge in [0.15, 0.2) is 4.67 Å². The zero-order chi connectivity index (χ0) is 11.5. The van der Waals surface area contributed by atoms with Gasteiger partial charge in [0, 0.05) is 37.5 Å². The molecule has 4 nitrogen and oxygen atoms in total. The smallest absolute Gasteiger partial charge is 0.173 e. The summed E-state index contributed by atoms with van der Waals surface area (Å²) in [5.74, 6) is 1.05. The van der Waals surface area contributed by atoms with E-state index in [0.29, 0.717) is 0 Å². The van der Waals surface area contributed by atoms with Crippen LogP contribution in [-0.2, 0) is 13.5 Å². The number of imidazole rings is 1. The zero-order valence-corrected chi connectivity index (χ0v) is 10.9. The molecule has 0 radical (unpaired) electrons. The molecule has 2 aromatic rings. The van der Waals surface area contributed by atoms with Crippen LogP contribution in [0.2, 0.25) is 0 Å². The van der Waals surface area contributed by atoms with Crippen LogP contribution in [0.4, 0.5) is 0 Å². The molecule has 5 heteroatoms. The molecule has 0 saturated carbocycles. The number of rotatable bonds is 4. The maximum absolute atomic E-state index is 5.25. The van der Waals surface area contributed by atoms with E-state index in [9.17, 15) is 0 Å². The van der Waals surface area contributed by atoms with Gasteiger partial charge >= 0.3 is 0 Å². The Kier molecular flexibility index (Phi) is 3.46. The Morgan fingerprint density at radius 1 is 1.62 bits per heavy atom. The molecule has 16 heavy (non-hydrogen) atoms. The molecular formula is C11H14BrN3O. The number of nitrogens with zero attached hydrogens (tertiary/aromatic N) is 2. The zero-order valence-electron chi connectivity index (χ0n) is 9.27. The van der Waals surface area contributed by atoms with Crippen molar-refractivity contribution >= 4 is 15.9 Å². The van der Waals surface area contributed by atoms with E-state index in [1.807, 2.05) is 37.1 Å². The van der Waals surface area contributed by atoms with E-state index in [1.54, 1.807) is 6.26 Å². The van der Waals surface area contributed by atoms with E-state index in [0.717, 1.165) is 22.5 Å². The SMILES string of the molecule is CNC(Cc1nccn1C)c1ccoc1Br. The van der Waals surface area contributed by atoms with Gasteiger partial charge in [0.05, 0.1) is 6.26 Å². The second-order valence-electron chi connectivity index (χ2n) is 3.65. The maximum atomic E-state index is 5.25. The highest BCUT2D eigenvalue weighted by atomic mass is 79.9.